The number of aryl methyl sites for hydroxylation is 2. The largest absolute Gasteiger partial charge is 0.354 e. The molecule has 1 aliphatic rings. The van der Waals surface area contributed by atoms with E-state index < -0.39 is 0 Å². The van der Waals surface area contributed by atoms with Crippen molar-refractivity contribution in [1.82, 2.24) is 15.1 Å². The van der Waals surface area contributed by atoms with E-state index in [2.05, 4.69) is 21.4 Å². The predicted octanol–water partition coefficient (Wildman–Crippen LogP) is 0.398. The number of hydrogen-bond acceptors (Lipinski definition) is 4. The van der Waals surface area contributed by atoms with Crippen molar-refractivity contribution in [3.8, 4) is 6.07 Å². The molecule has 0 bridgehead atoms. The minimum atomic E-state index is 0.516. The fraction of sp³-hybridized carbons (Fsp3) is 0.636. The van der Waals surface area contributed by atoms with Crippen molar-refractivity contribution in [1.29, 1.82) is 5.26 Å². The van der Waals surface area contributed by atoms with Gasteiger partial charge in [-0.2, -0.15) is 10.4 Å². The number of likely N-dealkylation sites (N-methyl/N-ethyl adjacent to an activating group) is 1. The average molecular weight is 219 g/mol. The molecule has 0 spiro atoms. The molecule has 1 atom stereocenters. The van der Waals surface area contributed by atoms with Gasteiger partial charge in [-0.25, -0.2) is 0 Å². The van der Waals surface area contributed by atoms with E-state index in [1.807, 2.05) is 25.7 Å². The van der Waals surface area contributed by atoms with Crippen molar-refractivity contribution in [2.45, 2.75) is 19.4 Å². The third-order valence-corrected chi connectivity index (χ3v) is 3.20. The molecule has 1 N–H and O–H groups in total. The van der Waals surface area contributed by atoms with Crippen molar-refractivity contribution in [2.75, 3.05) is 25.0 Å². The van der Waals surface area contributed by atoms with Crippen LogP contribution >= 0.6 is 0 Å². The zero-order valence-corrected chi connectivity index (χ0v) is 9.99. The number of nitriles is 1. The van der Waals surface area contributed by atoms with Crippen molar-refractivity contribution in [3.63, 3.8) is 0 Å². The molecule has 0 amide bonds. The van der Waals surface area contributed by atoms with Crippen molar-refractivity contribution >= 4 is 5.82 Å². The Bertz CT molecular complexity index is 428. The highest BCUT2D eigenvalue weighted by Gasteiger charge is 2.26. The molecular weight excluding hydrogens is 202 g/mol. The molecule has 5 nitrogen and oxygen atoms in total. The number of hydrogen-bond donors (Lipinski definition) is 1. The van der Waals surface area contributed by atoms with Gasteiger partial charge in [-0.15, -0.1) is 0 Å². The SMILES string of the molecule is CNC1CCN(c2c(C#N)c(C)nn2C)C1. The van der Waals surface area contributed by atoms with Gasteiger partial charge in [0.15, 0.2) is 0 Å². The van der Waals surface area contributed by atoms with Crippen LogP contribution in [0.4, 0.5) is 5.82 Å². The molecule has 1 aromatic heterocycles. The molecule has 1 aromatic rings. The average Bonchev–Trinajstić information content (AvgIpc) is 2.82. The van der Waals surface area contributed by atoms with E-state index in [0.717, 1.165) is 31.0 Å². The third-order valence-electron chi connectivity index (χ3n) is 3.20. The van der Waals surface area contributed by atoms with Crippen LogP contribution in [0.3, 0.4) is 0 Å². The number of aromatic nitrogens is 2. The quantitative estimate of drug-likeness (QED) is 0.782. The van der Waals surface area contributed by atoms with Crippen LogP contribution in [0.25, 0.3) is 0 Å². The van der Waals surface area contributed by atoms with E-state index in [1.165, 1.54) is 0 Å². The summed E-state index contributed by atoms with van der Waals surface area (Å²) in [5.41, 5.74) is 1.52. The van der Waals surface area contributed by atoms with Gasteiger partial charge in [-0.05, 0) is 20.4 Å². The normalized spacial score (nSPS) is 20.1. The topological polar surface area (TPSA) is 56.9 Å². The zero-order chi connectivity index (χ0) is 11.7. The second kappa shape index (κ2) is 4.14. The summed E-state index contributed by atoms with van der Waals surface area (Å²) in [6.07, 6.45) is 1.12. The lowest BCUT2D eigenvalue weighted by Crippen LogP contribution is -2.30. The van der Waals surface area contributed by atoms with Gasteiger partial charge >= 0.3 is 0 Å². The second-order valence-electron chi connectivity index (χ2n) is 4.24. The molecule has 0 saturated carbocycles. The molecule has 86 valence electrons. The number of nitrogens with zero attached hydrogens (tertiary/aromatic N) is 4. The standard InChI is InChI=1S/C11H17N5/c1-8-10(6-12)11(15(3)14-8)16-5-4-9(7-16)13-2/h9,13H,4-5,7H2,1-3H3. The molecule has 1 unspecified atom stereocenters. The molecule has 1 fully saturated rings. The maximum absolute atomic E-state index is 9.15. The van der Waals surface area contributed by atoms with E-state index in [9.17, 15) is 0 Å². The van der Waals surface area contributed by atoms with Crippen molar-refractivity contribution in [3.05, 3.63) is 11.3 Å². The van der Waals surface area contributed by atoms with Crippen LogP contribution in [0, 0.1) is 18.3 Å². The zero-order valence-electron chi connectivity index (χ0n) is 9.99. The minimum Gasteiger partial charge on any atom is -0.354 e. The number of anilines is 1. The van der Waals surface area contributed by atoms with E-state index in [1.54, 1.807) is 0 Å². The molecule has 0 radical (unpaired) electrons. The van der Waals surface area contributed by atoms with Gasteiger partial charge in [-0.1, -0.05) is 0 Å². The molecule has 0 aliphatic carbocycles. The monoisotopic (exact) mass is 219 g/mol. The van der Waals surface area contributed by atoms with Crippen LogP contribution in [0.1, 0.15) is 17.7 Å². The van der Waals surface area contributed by atoms with Crippen LogP contribution in [-0.2, 0) is 7.05 Å². The fourth-order valence-corrected chi connectivity index (χ4v) is 2.33. The third kappa shape index (κ3) is 1.65. The Morgan fingerprint density at radius 3 is 2.88 bits per heavy atom. The van der Waals surface area contributed by atoms with Gasteiger partial charge in [-0.3, -0.25) is 4.68 Å². The Labute approximate surface area is 95.7 Å². The summed E-state index contributed by atoms with van der Waals surface area (Å²) >= 11 is 0. The van der Waals surface area contributed by atoms with E-state index in [0.29, 0.717) is 11.6 Å². The highest BCUT2D eigenvalue weighted by Crippen LogP contribution is 2.25. The first kappa shape index (κ1) is 11.0. The summed E-state index contributed by atoms with van der Waals surface area (Å²) in [5.74, 6) is 0.956. The summed E-state index contributed by atoms with van der Waals surface area (Å²) < 4.78 is 1.81. The molecule has 1 aliphatic heterocycles. The highest BCUT2D eigenvalue weighted by molar-refractivity contribution is 5.57. The first-order valence-corrected chi connectivity index (χ1v) is 5.53. The minimum absolute atomic E-state index is 0.516. The Kier molecular flexibility index (Phi) is 2.84. The van der Waals surface area contributed by atoms with Gasteiger partial charge in [0.25, 0.3) is 0 Å². The lowest BCUT2D eigenvalue weighted by Gasteiger charge is -2.18. The van der Waals surface area contributed by atoms with Crippen molar-refractivity contribution < 1.29 is 0 Å². The summed E-state index contributed by atoms with van der Waals surface area (Å²) in [4.78, 5) is 2.24. The van der Waals surface area contributed by atoms with Gasteiger partial charge in [0.2, 0.25) is 0 Å². The molecule has 2 heterocycles. The smallest absolute Gasteiger partial charge is 0.145 e. The maximum Gasteiger partial charge on any atom is 0.145 e. The van der Waals surface area contributed by atoms with E-state index in [4.69, 9.17) is 5.26 Å². The summed E-state index contributed by atoms with van der Waals surface area (Å²) in [6.45, 7) is 3.82. The van der Waals surface area contributed by atoms with Crippen LogP contribution in [0.2, 0.25) is 0 Å². The Morgan fingerprint density at radius 2 is 2.31 bits per heavy atom. The van der Waals surface area contributed by atoms with Crippen LogP contribution in [0.15, 0.2) is 0 Å². The molecule has 1 saturated heterocycles. The summed E-state index contributed by atoms with van der Waals surface area (Å²) in [6, 6.07) is 2.76. The maximum atomic E-state index is 9.15. The molecule has 16 heavy (non-hydrogen) atoms. The Morgan fingerprint density at radius 1 is 1.56 bits per heavy atom. The fourth-order valence-electron chi connectivity index (χ4n) is 2.33. The van der Waals surface area contributed by atoms with Crippen LogP contribution in [-0.4, -0.2) is 36.0 Å². The van der Waals surface area contributed by atoms with Gasteiger partial charge in [0, 0.05) is 26.2 Å². The summed E-state index contributed by atoms with van der Waals surface area (Å²) in [5, 5.41) is 16.7. The predicted molar refractivity (Wildman–Crippen MR) is 62.3 cm³/mol. The molecule has 5 heteroatoms. The van der Waals surface area contributed by atoms with E-state index in [-0.39, 0.29) is 0 Å². The highest BCUT2D eigenvalue weighted by atomic mass is 15.4. The van der Waals surface area contributed by atoms with Crippen molar-refractivity contribution in [2.24, 2.45) is 7.05 Å². The van der Waals surface area contributed by atoms with Gasteiger partial charge in [0.1, 0.15) is 17.5 Å². The molecular formula is C11H17N5. The lowest BCUT2D eigenvalue weighted by molar-refractivity contribution is 0.615. The van der Waals surface area contributed by atoms with Crippen LogP contribution in [0.5, 0.6) is 0 Å². The second-order valence-corrected chi connectivity index (χ2v) is 4.24. The Hall–Kier alpha value is -1.54. The van der Waals surface area contributed by atoms with Gasteiger partial charge in [0.05, 0.1) is 5.69 Å². The lowest BCUT2D eigenvalue weighted by atomic mass is 10.2. The first-order chi connectivity index (χ1) is 7.67. The van der Waals surface area contributed by atoms with E-state index >= 15 is 0 Å². The first-order valence-electron chi connectivity index (χ1n) is 5.53. The molecule has 2 rings (SSSR count). The number of nitrogens with one attached hydrogen (secondary N) is 1. The van der Waals surface area contributed by atoms with Crippen LogP contribution < -0.4 is 10.2 Å². The van der Waals surface area contributed by atoms with Gasteiger partial charge < -0.3 is 10.2 Å². The Balaban J connectivity index is 2.31. The number of rotatable bonds is 2. The summed E-state index contributed by atoms with van der Waals surface area (Å²) in [7, 11) is 3.88. The molecule has 0 aromatic carbocycles.